The van der Waals surface area contributed by atoms with Gasteiger partial charge >= 0.3 is 0 Å². The van der Waals surface area contributed by atoms with Crippen LogP contribution in [0.5, 0.6) is 5.75 Å². The van der Waals surface area contributed by atoms with E-state index in [1.807, 2.05) is 24.3 Å². The molecule has 0 bridgehead atoms. The second kappa shape index (κ2) is 7.32. The fourth-order valence-electron chi connectivity index (χ4n) is 2.74. The molecule has 0 spiro atoms. The van der Waals surface area contributed by atoms with Crippen LogP contribution in [0.2, 0.25) is 0 Å². The van der Waals surface area contributed by atoms with Gasteiger partial charge in [0.25, 0.3) is 0 Å². The molecule has 3 rings (SSSR count). The van der Waals surface area contributed by atoms with Gasteiger partial charge in [-0.15, -0.1) is 0 Å². The van der Waals surface area contributed by atoms with Crippen molar-refractivity contribution >= 4 is 33.8 Å². The topological polar surface area (TPSA) is 33.3 Å². The Labute approximate surface area is 147 Å². The van der Waals surface area contributed by atoms with Crippen LogP contribution in [0.15, 0.2) is 66.7 Å². The maximum atomic E-state index is 5.44. The third-order valence-electron chi connectivity index (χ3n) is 3.99. The van der Waals surface area contributed by atoms with Crippen LogP contribution in [0, 0.1) is 0 Å². The zero-order valence-corrected chi connectivity index (χ0v) is 14.6. The molecule has 4 heteroatoms. The summed E-state index contributed by atoms with van der Waals surface area (Å²) in [6.45, 7) is 2.11. The minimum absolute atomic E-state index is 0.106. The van der Waals surface area contributed by atoms with Gasteiger partial charge < -0.3 is 15.4 Å². The van der Waals surface area contributed by atoms with E-state index in [0.717, 1.165) is 11.4 Å². The predicted molar refractivity (Wildman–Crippen MR) is 105 cm³/mol. The molecule has 1 atom stereocenters. The standard InChI is InChI=1S/C20H20N2OS/c1-14(18-9-5-7-15-6-3-4-8-19(15)18)21-20(24)22-16-10-12-17(23-2)13-11-16/h3-14H,1-2H3,(H2,21,22,24)/t14-/m1/s1. The highest BCUT2D eigenvalue weighted by molar-refractivity contribution is 7.80. The highest BCUT2D eigenvalue weighted by Gasteiger charge is 2.10. The Morgan fingerprint density at radius 2 is 1.67 bits per heavy atom. The number of rotatable bonds is 4. The van der Waals surface area contributed by atoms with Crippen LogP contribution in [0.1, 0.15) is 18.5 Å². The van der Waals surface area contributed by atoms with Gasteiger partial charge in [-0.05, 0) is 59.7 Å². The lowest BCUT2D eigenvalue weighted by Crippen LogP contribution is -2.30. The molecule has 0 unspecified atom stereocenters. The van der Waals surface area contributed by atoms with E-state index < -0.39 is 0 Å². The molecule has 0 amide bonds. The van der Waals surface area contributed by atoms with E-state index in [1.54, 1.807) is 7.11 Å². The number of nitrogens with one attached hydrogen (secondary N) is 2. The van der Waals surface area contributed by atoms with Crippen LogP contribution in [0.25, 0.3) is 10.8 Å². The van der Waals surface area contributed by atoms with Crippen molar-refractivity contribution in [2.45, 2.75) is 13.0 Å². The van der Waals surface area contributed by atoms with Gasteiger partial charge in [-0.1, -0.05) is 42.5 Å². The molecule has 0 heterocycles. The number of fused-ring (bicyclic) bond motifs is 1. The second-order valence-corrected chi connectivity index (χ2v) is 6.03. The van der Waals surface area contributed by atoms with Gasteiger partial charge in [0.2, 0.25) is 0 Å². The SMILES string of the molecule is COc1ccc(NC(=S)N[C@H](C)c2cccc3ccccc23)cc1. The first kappa shape index (κ1) is 16.3. The van der Waals surface area contributed by atoms with Crippen molar-refractivity contribution in [3.05, 3.63) is 72.3 Å². The van der Waals surface area contributed by atoms with Crippen molar-refractivity contribution in [2.75, 3.05) is 12.4 Å². The normalized spacial score (nSPS) is 11.8. The van der Waals surface area contributed by atoms with E-state index in [9.17, 15) is 0 Å². The number of methoxy groups -OCH3 is 1. The van der Waals surface area contributed by atoms with Crippen molar-refractivity contribution in [3.8, 4) is 5.75 Å². The van der Waals surface area contributed by atoms with Crippen molar-refractivity contribution in [1.82, 2.24) is 5.32 Å². The molecule has 3 aromatic carbocycles. The average Bonchev–Trinajstić information content (AvgIpc) is 2.61. The summed E-state index contributed by atoms with van der Waals surface area (Å²) in [4.78, 5) is 0. The number of anilines is 1. The van der Waals surface area contributed by atoms with Crippen molar-refractivity contribution in [1.29, 1.82) is 0 Å². The third-order valence-corrected chi connectivity index (χ3v) is 4.21. The second-order valence-electron chi connectivity index (χ2n) is 5.62. The average molecular weight is 336 g/mol. The van der Waals surface area contributed by atoms with Crippen LogP contribution in [0.3, 0.4) is 0 Å². The van der Waals surface area contributed by atoms with Gasteiger partial charge in [0, 0.05) is 5.69 Å². The van der Waals surface area contributed by atoms with Crippen LogP contribution in [0.4, 0.5) is 5.69 Å². The van der Waals surface area contributed by atoms with Crippen LogP contribution in [-0.2, 0) is 0 Å². The summed E-state index contributed by atoms with van der Waals surface area (Å²) in [7, 11) is 1.65. The Morgan fingerprint density at radius 3 is 2.42 bits per heavy atom. The maximum absolute atomic E-state index is 5.44. The highest BCUT2D eigenvalue weighted by Crippen LogP contribution is 2.24. The van der Waals surface area contributed by atoms with Crippen molar-refractivity contribution < 1.29 is 4.74 Å². The monoisotopic (exact) mass is 336 g/mol. The third kappa shape index (κ3) is 3.66. The van der Waals surface area contributed by atoms with Gasteiger partial charge in [-0.2, -0.15) is 0 Å². The predicted octanol–water partition coefficient (Wildman–Crippen LogP) is 4.90. The molecule has 0 aliphatic rings. The number of ether oxygens (including phenoxy) is 1. The summed E-state index contributed by atoms with van der Waals surface area (Å²) in [5, 5.41) is 9.64. The first-order valence-electron chi connectivity index (χ1n) is 7.86. The van der Waals surface area contributed by atoms with E-state index in [4.69, 9.17) is 17.0 Å². The Hall–Kier alpha value is -2.59. The molecule has 0 aliphatic heterocycles. The lowest BCUT2D eigenvalue weighted by molar-refractivity contribution is 0.415. The molecule has 24 heavy (non-hydrogen) atoms. The fraction of sp³-hybridized carbons (Fsp3) is 0.150. The molecule has 0 saturated heterocycles. The van der Waals surface area contributed by atoms with E-state index >= 15 is 0 Å². The molecule has 0 fully saturated rings. The van der Waals surface area contributed by atoms with Crippen LogP contribution < -0.4 is 15.4 Å². The summed E-state index contributed by atoms with van der Waals surface area (Å²) in [6.07, 6.45) is 0. The molecule has 0 aromatic heterocycles. The lowest BCUT2D eigenvalue weighted by Gasteiger charge is -2.19. The van der Waals surface area contributed by atoms with E-state index in [0.29, 0.717) is 5.11 Å². The maximum Gasteiger partial charge on any atom is 0.171 e. The number of benzene rings is 3. The smallest absolute Gasteiger partial charge is 0.171 e. The fourth-order valence-corrected chi connectivity index (χ4v) is 3.04. The van der Waals surface area contributed by atoms with E-state index in [1.165, 1.54) is 16.3 Å². The first-order valence-corrected chi connectivity index (χ1v) is 8.27. The zero-order chi connectivity index (χ0) is 16.9. The molecule has 3 nitrogen and oxygen atoms in total. The van der Waals surface area contributed by atoms with Gasteiger partial charge in [-0.25, -0.2) is 0 Å². The molecular formula is C20H20N2OS. The summed E-state index contributed by atoms with van der Waals surface area (Å²) >= 11 is 5.44. The molecular weight excluding hydrogens is 316 g/mol. The lowest BCUT2D eigenvalue weighted by atomic mass is 10.00. The Morgan fingerprint density at radius 1 is 0.958 bits per heavy atom. The molecule has 0 aliphatic carbocycles. The minimum atomic E-state index is 0.106. The van der Waals surface area contributed by atoms with Gasteiger partial charge in [0.05, 0.1) is 13.2 Å². The Kier molecular flexibility index (Phi) is 4.96. The van der Waals surface area contributed by atoms with Gasteiger partial charge in [0.1, 0.15) is 5.75 Å². The first-order chi connectivity index (χ1) is 11.7. The zero-order valence-electron chi connectivity index (χ0n) is 13.7. The highest BCUT2D eigenvalue weighted by atomic mass is 32.1. The summed E-state index contributed by atoms with van der Waals surface area (Å²) in [6, 6.07) is 22.5. The molecule has 2 N–H and O–H groups in total. The van der Waals surface area contributed by atoms with Crippen LogP contribution in [-0.4, -0.2) is 12.2 Å². The summed E-state index contributed by atoms with van der Waals surface area (Å²) in [5.41, 5.74) is 2.16. The minimum Gasteiger partial charge on any atom is -0.497 e. The van der Waals surface area contributed by atoms with Gasteiger partial charge in [0.15, 0.2) is 5.11 Å². The number of hydrogen-bond acceptors (Lipinski definition) is 2. The molecule has 3 aromatic rings. The number of hydrogen-bond donors (Lipinski definition) is 2. The quantitative estimate of drug-likeness (QED) is 0.664. The molecule has 0 radical (unpaired) electrons. The Balaban J connectivity index is 1.71. The molecule has 0 saturated carbocycles. The van der Waals surface area contributed by atoms with E-state index in [2.05, 4.69) is 60.0 Å². The Bertz CT molecular complexity index is 840. The molecule has 122 valence electrons. The number of thiocarbonyl (C=S) groups is 1. The van der Waals surface area contributed by atoms with Crippen molar-refractivity contribution in [2.24, 2.45) is 0 Å². The summed E-state index contributed by atoms with van der Waals surface area (Å²) < 4.78 is 5.16. The van der Waals surface area contributed by atoms with Crippen molar-refractivity contribution in [3.63, 3.8) is 0 Å². The largest absolute Gasteiger partial charge is 0.497 e. The summed E-state index contributed by atoms with van der Waals surface area (Å²) in [5.74, 6) is 0.823. The van der Waals surface area contributed by atoms with E-state index in [-0.39, 0.29) is 6.04 Å². The van der Waals surface area contributed by atoms with Gasteiger partial charge in [-0.3, -0.25) is 0 Å². The van der Waals surface area contributed by atoms with Crippen LogP contribution >= 0.6 is 12.2 Å².